The molecule has 0 aromatic heterocycles. The van der Waals surface area contributed by atoms with Gasteiger partial charge >= 0.3 is 0 Å². The predicted octanol–water partition coefficient (Wildman–Crippen LogP) is 3.38. The van der Waals surface area contributed by atoms with E-state index in [1.807, 2.05) is 19.2 Å². The highest BCUT2D eigenvalue weighted by molar-refractivity contribution is 14.0. The number of hydrogen-bond acceptors (Lipinski definition) is 3. The molecule has 0 saturated heterocycles. The van der Waals surface area contributed by atoms with Gasteiger partial charge in [-0.3, -0.25) is 4.99 Å². The third kappa shape index (κ3) is 6.62. The van der Waals surface area contributed by atoms with E-state index in [1.165, 1.54) is 44.8 Å². The fourth-order valence-corrected chi connectivity index (χ4v) is 4.69. The molecule has 0 amide bonds. The minimum Gasteiger partial charge on any atom is -0.356 e. The van der Waals surface area contributed by atoms with Crippen molar-refractivity contribution in [2.45, 2.75) is 55.9 Å². The standard InChI is InChI=1S/C20H31N3O2S.HI/c1-21-20(23-19-14-18(19)16-6-4-3-5-7-16)22-13-12-15-8-10-17(11-9-15)26(2,24)25;/h8-11,16,18-19H,3-7,12-14H2,1-2H3,(H2,21,22,23);1H. The lowest BCUT2D eigenvalue weighted by atomic mass is 9.85. The molecular formula is C20H32IN3O2S. The molecule has 1 aromatic carbocycles. The van der Waals surface area contributed by atoms with Crippen molar-refractivity contribution in [1.29, 1.82) is 0 Å². The summed E-state index contributed by atoms with van der Waals surface area (Å²) in [5.74, 6) is 2.62. The molecule has 2 fully saturated rings. The summed E-state index contributed by atoms with van der Waals surface area (Å²) in [6.45, 7) is 0.776. The fourth-order valence-electron chi connectivity index (χ4n) is 4.06. The highest BCUT2D eigenvalue weighted by Gasteiger charge is 2.43. The molecule has 0 aliphatic heterocycles. The third-order valence-corrected chi connectivity index (χ3v) is 6.83. The second-order valence-electron chi connectivity index (χ2n) is 7.71. The van der Waals surface area contributed by atoms with Crippen LogP contribution in [0.3, 0.4) is 0 Å². The molecule has 2 saturated carbocycles. The number of benzene rings is 1. The molecule has 2 unspecified atom stereocenters. The van der Waals surface area contributed by atoms with Crippen molar-refractivity contribution in [3.63, 3.8) is 0 Å². The zero-order valence-corrected chi connectivity index (χ0v) is 19.4. The Kier molecular flexibility index (Phi) is 8.39. The molecule has 2 atom stereocenters. The number of hydrogen-bond donors (Lipinski definition) is 2. The van der Waals surface area contributed by atoms with Gasteiger partial charge in [0.2, 0.25) is 0 Å². The molecule has 2 aliphatic rings. The summed E-state index contributed by atoms with van der Waals surface area (Å²) in [5.41, 5.74) is 1.12. The van der Waals surface area contributed by atoms with Gasteiger partial charge < -0.3 is 10.6 Å². The quantitative estimate of drug-likeness (QED) is 0.354. The minimum absolute atomic E-state index is 0. The average Bonchev–Trinajstić information content (AvgIpc) is 3.40. The number of guanidine groups is 1. The second-order valence-corrected chi connectivity index (χ2v) is 9.73. The summed E-state index contributed by atoms with van der Waals surface area (Å²) in [5, 5.41) is 6.94. The van der Waals surface area contributed by atoms with E-state index in [-0.39, 0.29) is 24.0 Å². The first-order valence-electron chi connectivity index (χ1n) is 9.73. The van der Waals surface area contributed by atoms with Crippen LogP contribution in [0.15, 0.2) is 34.2 Å². The van der Waals surface area contributed by atoms with Crippen LogP contribution >= 0.6 is 24.0 Å². The van der Waals surface area contributed by atoms with Crippen LogP contribution in [0.2, 0.25) is 0 Å². The first-order valence-corrected chi connectivity index (χ1v) is 11.6. The molecule has 0 heterocycles. The van der Waals surface area contributed by atoms with Crippen molar-refractivity contribution in [2.24, 2.45) is 16.8 Å². The smallest absolute Gasteiger partial charge is 0.191 e. The highest BCUT2D eigenvalue weighted by Crippen LogP contribution is 2.44. The summed E-state index contributed by atoms with van der Waals surface area (Å²) in [6, 6.07) is 7.70. The van der Waals surface area contributed by atoms with Crippen LogP contribution in [0.1, 0.15) is 44.1 Å². The van der Waals surface area contributed by atoms with Gasteiger partial charge in [0.15, 0.2) is 15.8 Å². The van der Waals surface area contributed by atoms with Gasteiger partial charge in [-0.2, -0.15) is 0 Å². The first-order chi connectivity index (χ1) is 12.5. The van der Waals surface area contributed by atoms with E-state index in [1.54, 1.807) is 12.1 Å². The van der Waals surface area contributed by atoms with Gasteiger partial charge in [0, 0.05) is 25.9 Å². The molecule has 0 bridgehead atoms. The van der Waals surface area contributed by atoms with Gasteiger partial charge in [-0.15, -0.1) is 24.0 Å². The van der Waals surface area contributed by atoms with E-state index >= 15 is 0 Å². The Morgan fingerprint density at radius 3 is 2.41 bits per heavy atom. The van der Waals surface area contributed by atoms with Crippen molar-refractivity contribution in [3.05, 3.63) is 29.8 Å². The van der Waals surface area contributed by atoms with Crippen molar-refractivity contribution in [1.82, 2.24) is 10.6 Å². The summed E-state index contributed by atoms with van der Waals surface area (Å²) < 4.78 is 23.0. The lowest BCUT2D eigenvalue weighted by Crippen LogP contribution is -2.40. The first kappa shape index (κ1) is 22.5. The summed E-state index contributed by atoms with van der Waals surface area (Å²) in [6.07, 6.45) is 10.4. The van der Waals surface area contributed by atoms with Crippen molar-refractivity contribution in [2.75, 3.05) is 19.8 Å². The second kappa shape index (κ2) is 10.1. The highest BCUT2D eigenvalue weighted by atomic mass is 127. The third-order valence-electron chi connectivity index (χ3n) is 5.70. The fraction of sp³-hybridized carbons (Fsp3) is 0.650. The molecule has 27 heavy (non-hydrogen) atoms. The zero-order chi connectivity index (χ0) is 18.6. The van der Waals surface area contributed by atoms with Crippen LogP contribution in [0, 0.1) is 11.8 Å². The maximum Gasteiger partial charge on any atom is 0.191 e. The van der Waals surface area contributed by atoms with Gasteiger partial charge in [-0.1, -0.05) is 44.2 Å². The Labute approximate surface area is 180 Å². The Bertz CT molecular complexity index is 728. The maximum absolute atomic E-state index is 11.5. The number of nitrogens with zero attached hydrogens (tertiary/aromatic N) is 1. The summed E-state index contributed by atoms with van der Waals surface area (Å²) >= 11 is 0. The van der Waals surface area contributed by atoms with Crippen LogP contribution < -0.4 is 10.6 Å². The topological polar surface area (TPSA) is 70.6 Å². The number of sulfone groups is 1. The molecular weight excluding hydrogens is 473 g/mol. The minimum atomic E-state index is -3.12. The molecule has 3 rings (SSSR count). The number of nitrogens with one attached hydrogen (secondary N) is 2. The van der Waals surface area contributed by atoms with E-state index < -0.39 is 9.84 Å². The molecule has 2 N–H and O–H groups in total. The van der Waals surface area contributed by atoms with Gasteiger partial charge in [0.05, 0.1) is 4.90 Å². The van der Waals surface area contributed by atoms with Crippen LogP contribution in [-0.2, 0) is 16.3 Å². The van der Waals surface area contributed by atoms with Crippen LogP contribution in [0.25, 0.3) is 0 Å². The van der Waals surface area contributed by atoms with Gasteiger partial charge in [-0.25, -0.2) is 8.42 Å². The summed E-state index contributed by atoms with van der Waals surface area (Å²) in [4.78, 5) is 4.71. The van der Waals surface area contributed by atoms with Crippen LogP contribution in [0.4, 0.5) is 0 Å². The molecule has 152 valence electrons. The number of rotatable bonds is 6. The Morgan fingerprint density at radius 2 is 1.81 bits per heavy atom. The normalized spacial score (nSPS) is 23.4. The van der Waals surface area contributed by atoms with Crippen molar-refractivity contribution in [3.8, 4) is 0 Å². The van der Waals surface area contributed by atoms with Crippen molar-refractivity contribution >= 4 is 39.8 Å². The van der Waals surface area contributed by atoms with E-state index in [2.05, 4.69) is 15.6 Å². The Morgan fingerprint density at radius 1 is 1.15 bits per heavy atom. The van der Waals surface area contributed by atoms with Crippen LogP contribution in [-0.4, -0.2) is 40.3 Å². The number of halogens is 1. The molecule has 7 heteroatoms. The largest absolute Gasteiger partial charge is 0.356 e. The van der Waals surface area contributed by atoms with E-state index in [4.69, 9.17) is 0 Å². The average molecular weight is 505 g/mol. The maximum atomic E-state index is 11.5. The van der Waals surface area contributed by atoms with Crippen LogP contribution in [0.5, 0.6) is 0 Å². The van der Waals surface area contributed by atoms with Gasteiger partial charge in [-0.05, 0) is 42.4 Å². The zero-order valence-electron chi connectivity index (χ0n) is 16.3. The SMILES string of the molecule is CN=C(NCCc1ccc(S(C)(=O)=O)cc1)NC1CC1C1CCCCC1.I. The lowest BCUT2D eigenvalue weighted by molar-refractivity contribution is 0.315. The Balaban J connectivity index is 0.00000261. The Hall–Kier alpha value is -0.830. The monoisotopic (exact) mass is 505 g/mol. The molecule has 2 aliphatic carbocycles. The van der Waals surface area contributed by atoms with E-state index in [0.29, 0.717) is 10.9 Å². The number of aliphatic imine (C=N–C) groups is 1. The van der Waals surface area contributed by atoms with E-state index in [9.17, 15) is 8.42 Å². The molecule has 1 aromatic rings. The molecule has 5 nitrogen and oxygen atoms in total. The predicted molar refractivity (Wildman–Crippen MR) is 122 cm³/mol. The summed E-state index contributed by atoms with van der Waals surface area (Å²) in [7, 11) is -1.31. The lowest BCUT2D eigenvalue weighted by Gasteiger charge is -2.22. The van der Waals surface area contributed by atoms with E-state index in [0.717, 1.165) is 36.3 Å². The van der Waals surface area contributed by atoms with Gasteiger partial charge in [0.1, 0.15) is 0 Å². The van der Waals surface area contributed by atoms with Gasteiger partial charge in [0.25, 0.3) is 0 Å². The molecule has 0 radical (unpaired) electrons. The molecule has 0 spiro atoms. The van der Waals surface area contributed by atoms with Crippen molar-refractivity contribution < 1.29 is 8.42 Å².